The van der Waals surface area contributed by atoms with Crippen LogP contribution in [0.15, 0.2) is 115 Å². The smallest absolute Gasteiger partial charge is 0.269 e. The molecule has 1 spiro atoms. The number of rotatable bonds is 7. The summed E-state index contributed by atoms with van der Waals surface area (Å²) in [6.45, 7) is 2.24. The van der Waals surface area contributed by atoms with Crippen molar-refractivity contribution in [3.05, 3.63) is 138 Å². The summed E-state index contributed by atoms with van der Waals surface area (Å²) in [6, 6.07) is 35.5. The second-order valence-corrected chi connectivity index (χ2v) is 15.9. The molecular formula is C47H42N4O8. The highest BCUT2D eigenvalue weighted by molar-refractivity contribution is 6.10. The molecule has 4 atom stereocenters. The molecule has 0 aliphatic carbocycles. The number of carbonyl (C=O) groups is 4. The number of carbonyl (C=O) groups excluding carboxylic acids is 4. The molecule has 5 aliphatic heterocycles. The summed E-state index contributed by atoms with van der Waals surface area (Å²) in [4.78, 5) is 62.4. The van der Waals surface area contributed by atoms with E-state index in [-0.39, 0.29) is 68.4 Å². The molecule has 1 saturated heterocycles. The molecule has 1 N–H and O–H groups in total. The highest BCUT2D eigenvalue weighted by Crippen LogP contribution is 2.55. The highest BCUT2D eigenvalue weighted by atomic mass is 16.5. The predicted molar refractivity (Wildman–Crippen MR) is 219 cm³/mol. The lowest BCUT2D eigenvalue weighted by Crippen LogP contribution is -2.47. The Hall–Kier alpha value is -6.50. The Balaban J connectivity index is 0.979. The number of ether oxygens (including phenoxy) is 3. The third-order valence-corrected chi connectivity index (χ3v) is 12.4. The molecule has 0 saturated carbocycles. The van der Waals surface area contributed by atoms with Crippen molar-refractivity contribution in [3.63, 3.8) is 0 Å². The van der Waals surface area contributed by atoms with Gasteiger partial charge in [-0.25, -0.2) is 0 Å². The molecule has 0 unspecified atom stereocenters. The van der Waals surface area contributed by atoms with Crippen molar-refractivity contribution in [1.29, 1.82) is 0 Å². The number of nitrogens with zero attached hydrogens (tertiary/aromatic N) is 4. The van der Waals surface area contributed by atoms with Crippen molar-refractivity contribution in [3.8, 4) is 11.5 Å². The van der Waals surface area contributed by atoms with Crippen LogP contribution in [0.25, 0.3) is 0 Å². The van der Waals surface area contributed by atoms with Gasteiger partial charge in [0, 0.05) is 29.4 Å². The van der Waals surface area contributed by atoms with E-state index < -0.39 is 11.7 Å². The van der Waals surface area contributed by atoms with Gasteiger partial charge >= 0.3 is 0 Å². The summed E-state index contributed by atoms with van der Waals surface area (Å²) in [5.41, 5.74) is 5.39. The molecule has 59 heavy (non-hydrogen) atoms. The molecule has 1 fully saturated rings. The zero-order chi connectivity index (χ0) is 40.4. The first-order valence-corrected chi connectivity index (χ1v) is 20.0. The molecular weight excluding hydrogens is 749 g/mol. The van der Waals surface area contributed by atoms with E-state index >= 15 is 4.79 Å². The van der Waals surface area contributed by atoms with Gasteiger partial charge in [-0.3, -0.25) is 29.0 Å². The van der Waals surface area contributed by atoms with Gasteiger partial charge in [-0.05, 0) is 84.1 Å². The molecule has 12 heteroatoms. The van der Waals surface area contributed by atoms with Crippen LogP contribution in [0.2, 0.25) is 0 Å². The topological polar surface area (TPSA) is 129 Å². The standard InChI is InChI=1S/C47H42N4O8/c1-29-20-36(23-43(53)48-25-32-9-3-2-8-31(32)21-35(48)26-52)59-47(29)37-22-34(51-40-11-5-7-13-42(40)58-28-45(51)55)18-19-38(37)49(46(47)56)24-30-14-16-33(17-15-30)50-39-10-4-6-12-41(39)57-27-44(50)54/h2-19,22,29,35-36,52H,20-21,23-28H2,1H3/t29-,35+,36-,47+/m1/s1. The van der Waals surface area contributed by atoms with E-state index in [0.29, 0.717) is 64.9 Å². The number of anilines is 5. The SMILES string of the molecule is C[C@@H]1C[C@H](CC(=O)N2Cc3ccccc3C[C@H]2CO)O[C@@]12C(=O)N(Cc1ccc(N3C(=O)COc4ccccc43)cc1)c1ccc(N3C(=O)COc4ccccc43)cc12. The fourth-order valence-electron chi connectivity index (χ4n) is 9.54. The van der Waals surface area contributed by atoms with E-state index in [4.69, 9.17) is 14.2 Å². The van der Waals surface area contributed by atoms with Crippen molar-refractivity contribution in [2.45, 2.75) is 57.0 Å². The lowest BCUT2D eigenvalue weighted by molar-refractivity contribution is -0.151. The predicted octanol–water partition coefficient (Wildman–Crippen LogP) is 6.30. The Morgan fingerprint density at radius 2 is 1.36 bits per heavy atom. The van der Waals surface area contributed by atoms with Crippen LogP contribution in [-0.4, -0.2) is 65.6 Å². The summed E-state index contributed by atoms with van der Waals surface area (Å²) < 4.78 is 18.3. The van der Waals surface area contributed by atoms with Gasteiger partial charge in [0.05, 0.1) is 48.8 Å². The van der Waals surface area contributed by atoms with Gasteiger partial charge in [0.1, 0.15) is 11.5 Å². The summed E-state index contributed by atoms with van der Waals surface area (Å²) >= 11 is 0. The maximum Gasteiger partial charge on any atom is 0.269 e. The Bertz CT molecular complexity index is 2520. The van der Waals surface area contributed by atoms with Crippen molar-refractivity contribution in [2.75, 3.05) is 34.5 Å². The van der Waals surface area contributed by atoms with Crippen LogP contribution in [0, 0.1) is 5.92 Å². The van der Waals surface area contributed by atoms with E-state index in [0.717, 1.165) is 16.7 Å². The molecule has 10 rings (SSSR count). The van der Waals surface area contributed by atoms with Crippen LogP contribution in [0.1, 0.15) is 42.0 Å². The first-order chi connectivity index (χ1) is 28.7. The average molecular weight is 791 g/mol. The van der Waals surface area contributed by atoms with E-state index in [1.54, 1.807) is 19.6 Å². The first kappa shape index (κ1) is 36.8. The fraction of sp³-hybridized carbons (Fsp3) is 0.277. The lowest BCUT2D eigenvalue weighted by atomic mass is 9.82. The molecule has 0 bridgehead atoms. The summed E-state index contributed by atoms with van der Waals surface area (Å²) in [6.07, 6.45) is 0.488. The molecule has 5 heterocycles. The quantitative estimate of drug-likeness (QED) is 0.204. The first-order valence-electron chi connectivity index (χ1n) is 20.0. The Morgan fingerprint density at radius 1 is 0.746 bits per heavy atom. The normalized spacial score (nSPS) is 23.1. The van der Waals surface area contributed by atoms with Crippen LogP contribution in [0.5, 0.6) is 11.5 Å². The number of amides is 4. The van der Waals surface area contributed by atoms with Gasteiger partial charge < -0.3 is 29.1 Å². The summed E-state index contributed by atoms with van der Waals surface area (Å²) in [5.74, 6) is 0.0644. The van der Waals surface area contributed by atoms with Gasteiger partial charge in [-0.15, -0.1) is 0 Å². The maximum atomic E-state index is 15.1. The van der Waals surface area contributed by atoms with E-state index in [9.17, 15) is 19.5 Å². The molecule has 298 valence electrons. The summed E-state index contributed by atoms with van der Waals surface area (Å²) in [7, 11) is 0. The lowest BCUT2D eigenvalue weighted by Gasteiger charge is -2.36. The second kappa shape index (κ2) is 14.4. The third kappa shape index (κ3) is 6.04. The van der Waals surface area contributed by atoms with Crippen LogP contribution in [0.4, 0.5) is 28.4 Å². The van der Waals surface area contributed by atoms with Crippen molar-refractivity contribution in [2.24, 2.45) is 5.92 Å². The average Bonchev–Trinajstić information content (AvgIpc) is 3.71. The minimum Gasteiger partial charge on any atom is -0.482 e. The minimum absolute atomic E-state index is 0.0488. The van der Waals surface area contributed by atoms with Crippen LogP contribution >= 0.6 is 0 Å². The molecule has 12 nitrogen and oxygen atoms in total. The van der Waals surface area contributed by atoms with Gasteiger partial charge in [0.2, 0.25) is 5.91 Å². The highest BCUT2D eigenvalue weighted by Gasteiger charge is 2.60. The molecule has 0 radical (unpaired) electrons. The van der Waals surface area contributed by atoms with Crippen LogP contribution < -0.4 is 24.2 Å². The van der Waals surface area contributed by atoms with E-state index in [1.165, 1.54) is 0 Å². The largest absolute Gasteiger partial charge is 0.482 e. The Morgan fingerprint density at radius 3 is 2.03 bits per heavy atom. The maximum absolute atomic E-state index is 15.1. The zero-order valence-electron chi connectivity index (χ0n) is 32.5. The van der Waals surface area contributed by atoms with Crippen LogP contribution in [0.3, 0.4) is 0 Å². The Labute approximate surface area is 341 Å². The third-order valence-electron chi connectivity index (χ3n) is 12.4. The monoisotopic (exact) mass is 790 g/mol. The number of para-hydroxylation sites is 4. The number of hydrogen-bond acceptors (Lipinski definition) is 8. The number of benzene rings is 5. The minimum atomic E-state index is -1.43. The molecule has 5 aliphatic rings. The molecule has 0 aromatic heterocycles. The molecule has 5 aromatic rings. The van der Waals surface area contributed by atoms with Crippen LogP contribution in [-0.2, 0) is 49.0 Å². The number of hydrogen-bond donors (Lipinski definition) is 1. The molecule has 4 amide bonds. The van der Waals surface area contributed by atoms with E-state index in [1.807, 2.05) is 122 Å². The van der Waals surface area contributed by atoms with Gasteiger partial charge in [0.15, 0.2) is 18.8 Å². The fourth-order valence-corrected chi connectivity index (χ4v) is 9.54. The van der Waals surface area contributed by atoms with E-state index in [2.05, 4.69) is 0 Å². The van der Waals surface area contributed by atoms with Gasteiger partial charge in [0.25, 0.3) is 17.7 Å². The van der Waals surface area contributed by atoms with Gasteiger partial charge in [-0.2, -0.15) is 0 Å². The number of aliphatic hydroxyl groups is 1. The van der Waals surface area contributed by atoms with Crippen molar-refractivity contribution < 1.29 is 38.5 Å². The number of fused-ring (bicyclic) bond motifs is 5. The summed E-state index contributed by atoms with van der Waals surface area (Å²) in [5, 5.41) is 10.3. The second-order valence-electron chi connectivity index (χ2n) is 15.9. The van der Waals surface area contributed by atoms with Gasteiger partial charge in [-0.1, -0.05) is 67.6 Å². The Kier molecular flexibility index (Phi) is 8.99. The molecule has 5 aromatic carbocycles. The van der Waals surface area contributed by atoms with Crippen molar-refractivity contribution >= 4 is 52.1 Å². The zero-order valence-corrected chi connectivity index (χ0v) is 32.5. The van der Waals surface area contributed by atoms with Crippen molar-refractivity contribution in [1.82, 2.24) is 4.90 Å². The number of aliphatic hydroxyl groups excluding tert-OH is 1.